The zero-order chi connectivity index (χ0) is 10.1. The largest absolute Gasteiger partial charge is 0.488 e. The first kappa shape index (κ1) is 10.1. The van der Waals surface area contributed by atoms with Crippen LogP contribution < -0.4 is 5.46 Å². The second-order valence-electron chi connectivity index (χ2n) is 2.88. The topological polar surface area (TPSA) is 40.5 Å². The highest BCUT2D eigenvalue weighted by atomic mass is 19.3. The van der Waals surface area contributed by atoms with E-state index in [2.05, 4.69) is 0 Å². The van der Waals surface area contributed by atoms with Gasteiger partial charge in [-0.3, -0.25) is 0 Å². The minimum Gasteiger partial charge on any atom is -0.423 e. The Bertz CT molecular complexity index is 279. The Balaban J connectivity index is 2.94. The summed E-state index contributed by atoms with van der Waals surface area (Å²) in [6, 6.07) is 4.87. The van der Waals surface area contributed by atoms with Crippen LogP contribution in [0.3, 0.4) is 0 Å². The van der Waals surface area contributed by atoms with Crippen LogP contribution in [0, 0.1) is 0 Å². The van der Waals surface area contributed by atoms with Gasteiger partial charge in [-0.2, -0.15) is 0 Å². The van der Waals surface area contributed by atoms with Gasteiger partial charge in [0.05, 0.1) is 0 Å². The third kappa shape index (κ3) is 2.50. The van der Waals surface area contributed by atoms with Crippen molar-refractivity contribution in [1.82, 2.24) is 0 Å². The minimum atomic E-state index is -2.89. The Morgan fingerprint density at radius 1 is 1.15 bits per heavy atom. The fourth-order valence-electron chi connectivity index (χ4n) is 0.948. The van der Waals surface area contributed by atoms with Gasteiger partial charge in [0.15, 0.2) is 0 Å². The molecule has 0 aromatic heterocycles. The van der Waals surface area contributed by atoms with Crippen LogP contribution in [0.25, 0.3) is 0 Å². The molecule has 0 fully saturated rings. The molecule has 0 aliphatic rings. The van der Waals surface area contributed by atoms with E-state index in [4.69, 9.17) is 10.0 Å². The van der Waals surface area contributed by atoms with Crippen molar-refractivity contribution in [3.63, 3.8) is 0 Å². The molecule has 0 spiro atoms. The fraction of sp³-hybridized carbons (Fsp3) is 0.250. The van der Waals surface area contributed by atoms with E-state index < -0.39 is 13.0 Å². The summed E-state index contributed by atoms with van der Waals surface area (Å²) in [4.78, 5) is 0. The number of hydrogen-bond acceptors (Lipinski definition) is 2. The van der Waals surface area contributed by atoms with Crippen molar-refractivity contribution in [2.24, 2.45) is 0 Å². The SMILES string of the molecule is CC(F)(F)c1ccc(B(O)O)cc1. The van der Waals surface area contributed by atoms with E-state index in [1.807, 2.05) is 0 Å². The molecule has 2 N–H and O–H groups in total. The van der Waals surface area contributed by atoms with Gasteiger partial charge in [0.2, 0.25) is 0 Å². The van der Waals surface area contributed by atoms with E-state index >= 15 is 0 Å². The average molecular weight is 186 g/mol. The number of alkyl halides is 2. The molecule has 0 saturated carbocycles. The minimum absolute atomic E-state index is 0.142. The zero-order valence-corrected chi connectivity index (χ0v) is 7.04. The van der Waals surface area contributed by atoms with Crippen molar-refractivity contribution in [1.29, 1.82) is 0 Å². The highest BCUT2D eigenvalue weighted by molar-refractivity contribution is 6.58. The first-order valence-corrected chi connectivity index (χ1v) is 3.75. The lowest BCUT2D eigenvalue weighted by Crippen LogP contribution is -2.29. The maximum absolute atomic E-state index is 12.7. The Kier molecular flexibility index (Phi) is 2.68. The van der Waals surface area contributed by atoms with Crippen molar-refractivity contribution in [2.45, 2.75) is 12.8 Å². The van der Waals surface area contributed by atoms with Gasteiger partial charge in [0.25, 0.3) is 5.92 Å². The Labute approximate surface area is 75.0 Å². The summed E-state index contributed by atoms with van der Waals surface area (Å²) in [5, 5.41) is 17.4. The van der Waals surface area contributed by atoms with E-state index in [1.54, 1.807) is 0 Å². The normalized spacial score (nSPS) is 11.5. The van der Waals surface area contributed by atoms with E-state index in [0.717, 1.165) is 6.92 Å². The van der Waals surface area contributed by atoms with Crippen LogP contribution in [0.2, 0.25) is 0 Å². The van der Waals surface area contributed by atoms with Crippen molar-refractivity contribution in [3.8, 4) is 0 Å². The molecule has 0 heterocycles. The maximum Gasteiger partial charge on any atom is 0.488 e. The van der Waals surface area contributed by atoms with E-state index in [-0.39, 0.29) is 11.0 Å². The molecule has 0 bridgehead atoms. The number of benzene rings is 1. The molecule has 0 atom stereocenters. The quantitative estimate of drug-likeness (QED) is 0.659. The van der Waals surface area contributed by atoms with Gasteiger partial charge < -0.3 is 10.0 Å². The zero-order valence-electron chi connectivity index (χ0n) is 7.04. The monoisotopic (exact) mass is 186 g/mol. The summed E-state index contributed by atoms with van der Waals surface area (Å²) < 4.78 is 25.3. The van der Waals surface area contributed by atoms with Gasteiger partial charge in [-0.15, -0.1) is 0 Å². The first-order chi connectivity index (χ1) is 5.91. The van der Waals surface area contributed by atoms with Gasteiger partial charge in [-0.25, -0.2) is 8.78 Å². The first-order valence-electron chi connectivity index (χ1n) is 3.75. The van der Waals surface area contributed by atoms with Crippen LogP contribution >= 0.6 is 0 Å². The molecule has 0 unspecified atom stereocenters. The van der Waals surface area contributed by atoms with Crippen molar-refractivity contribution in [2.75, 3.05) is 0 Å². The van der Waals surface area contributed by atoms with Crippen LogP contribution in [0.15, 0.2) is 24.3 Å². The van der Waals surface area contributed by atoms with Gasteiger partial charge in [0.1, 0.15) is 0 Å². The summed E-state index contributed by atoms with van der Waals surface area (Å²) in [6.45, 7) is 0.789. The molecule has 1 aromatic rings. The number of halogens is 2. The summed E-state index contributed by atoms with van der Waals surface area (Å²) in [5.74, 6) is -2.89. The molecule has 2 nitrogen and oxygen atoms in total. The average Bonchev–Trinajstić information content (AvgIpc) is 2.03. The van der Waals surface area contributed by atoms with Crippen molar-refractivity contribution >= 4 is 12.6 Å². The highest BCUT2D eigenvalue weighted by Gasteiger charge is 2.24. The van der Waals surface area contributed by atoms with Gasteiger partial charge >= 0.3 is 7.12 Å². The molecule has 70 valence electrons. The molecule has 0 radical (unpaired) electrons. The summed E-state index contributed by atoms with van der Waals surface area (Å²) in [6.07, 6.45) is 0. The predicted octanol–water partition coefficient (Wildman–Crippen LogP) is 0.478. The Morgan fingerprint density at radius 3 is 1.92 bits per heavy atom. The molecular weight excluding hydrogens is 177 g/mol. The number of hydrogen-bond donors (Lipinski definition) is 2. The molecule has 0 saturated heterocycles. The molecule has 0 aliphatic heterocycles. The molecule has 13 heavy (non-hydrogen) atoms. The third-order valence-electron chi connectivity index (χ3n) is 1.72. The van der Waals surface area contributed by atoms with Crippen LogP contribution in [-0.2, 0) is 5.92 Å². The Hall–Kier alpha value is -0.935. The smallest absolute Gasteiger partial charge is 0.423 e. The fourth-order valence-corrected chi connectivity index (χ4v) is 0.948. The predicted molar refractivity (Wildman–Crippen MR) is 45.8 cm³/mol. The summed E-state index contributed by atoms with van der Waals surface area (Å²) in [7, 11) is -1.61. The molecular formula is C8H9BF2O2. The van der Waals surface area contributed by atoms with Crippen LogP contribution in [0.4, 0.5) is 8.78 Å². The van der Waals surface area contributed by atoms with Crippen molar-refractivity contribution in [3.05, 3.63) is 29.8 Å². The molecule has 0 aliphatic carbocycles. The summed E-state index contributed by atoms with van der Waals surface area (Å²) in [5.41, 5.74) is 0.0601. The van der Waals surface area contributed by atoms with Crippen LogP contribution in [0.5, 0.6) is 0 Å². The second kappa shape index (κ2) is 3.43. The third-order valence-corrected chi connectivity index (χ3v) is 1.72. The molecule has 0 amide bonds. The maximum atomic E-state index is 12.7. The lowest BCUT2D eigenvalue weighted by molar-refractivity contribution is 0.0175. The second-order valence-corrected chi connectivity index (χ2v) is 2.88. The van der Waals surface area contributed by atoms with E-state index in [9.17, 15) is 8.78 Å². The highest BCUT2D eigenvalue weighted by Crippen LogP contribution is 2.25. The van der Waals surface area contributed by atoms with Crippen LogP contribution in [0.1, 0.15) is 12.5 Å². The Morgan fingerprint density at radius 2 is 1.62 bits per heavy atom. The van der Waals surface area contributed by atoms with Crippen LogP contribution in [-0.4, -0.2) is 17.2 Å². The lowest BCUT2D eigenvalue weighted by Gasteiger charge is -2.10. The standard InChI is InChI=1S/C8H9BF2O2/c1-8(10,11)6-2-4-7(5-3-6)9(12)13/h2-5,12-13H,1H3. The van der Waals surface area contributed by atoms with Crippen molar-refractivity contribution < 1.29 is 18.8 Å². The summed E-state index contributed by atoms with van der Waals surface area (Å²) >= 11 is 0. The van der Waals surface area contributed by atoms with E-state index in [0.29, 0.717) is 0 Å². The molecule has 1 rings (SSSR count). The van der Waals surface area contributed by atoms with Gasteiger partial charge in [-0.05, 0) is 5.46 Å². The number of rotatable bonds is 2. The van der Waals surface area contributed by atoms with Gasteiger partial charge in [0, 0.05) is 12.5 Å². The molecule has 5 heteroatoms. The lowest BCUT2D eigenvalue weighted by atomic mass is 9.80. The van der Waals surface area contributed by atoms with E-state index in [1.165, 1.54) is 24.3 Å². The molecule has 1 aromatic carbocycles. The van der Waals surface area contributed by atoms with Gasteiger partial charge in [-0.1, -0.05) is 24.3 Å².